The van der Waals surface area contributed by atoms with Crippen molar-refractivity contribution < 1.29 is 9.53 Å². The number of halogens is 1. The van der Waals surface area contributed by atoms with Crippen molar-refractivity contribution in [1.29, 1.82) is 0 Å². The van der Waals surface area contributed by atoms with Gasteiger partial charge in [0.05, 0.1) is 35.9 Å². The largest absolute Gasteiger partial charge is 0.378 e. The van der Waals surface area contributed by atoms with Crippen molar-refractivity contribution in [2.45, 2.75) is 27.2 Å². The lowest BCUT2D eigenvalue weighted by atomic mass is 10.0. The van der Waals surface area contributed by atoms with Crippen LogP contribution in [-0.4, -0.2) is 46.9 Å². The highest BCUT2D eigenvalue weighted by Crippen LogP contribution is 2.23. The SMILES string of the molecule is Cc1c(C(=O)N2CCOCC2)c(CC(C)C)nn1-c1ccc(Cl)cc1. The molecular weight excluding hydrogens is 338 g/mol. The van der Waals surface area contributed by atoms with E-state index in [4.69, 9.17) is 21.4 Å². The van der Waals surface area contributed by atoms with Crippen LogP contribution in [0.4, 0.5) is 0 Å². The zero-order chi connectivity index (χ0) is 18.0. The molecule has 2 aromatic rings. The smallest absolute Gasteiger partial charge is 0.257 e. The van der Waals surface area contributed by atoms with E-state index in [1.54, 1.807) is 0 Å². The molecule has 134 valence electrons. The molecule has 0 spiro atoms. The van der Waals surface area contributed by atoms with Gasteiger partial charge in [0.1, 0.15) is 0 Å². The van der Waals surface area contributed by atoms with Gasteiger partial charge >= 0.3 is 0 Å². The fourth-order valence-electron chi connectivity index (χ4n) is 3.13. The Morgan fingerprint density at radius 2 is 1.88 bits per heavy atom. The van der Waals surface area contributed by atoms with Crippen LogP contribution in [0.2, 0.25) is 5.02 Å². The molecule has 1 aromatic carbocycles. The fraction of sp³-hybridized carbons (Fsp3) is 0.474. The Kier molecular flexibility index (Phi) is 5.45. The molecule has 0 bridgehead atoms. The first kappa shape index (κ1) is 18.0. The Morgan fingerprint density at radius 3 is 2.48 bits per heavy atom. The monoisotopic (exact) mass is 361 g/mol. The standard InChI is InChI=1S/C19H24ClN3O2/c1-13(2)12-17-18(19(24)22-8-10-25-11-9-22)14(3)23(21-17)16-6-4-15(20)5-7-16/h4-7,13H,8-12H2,1-3H3. The Labute approximate surface area is 153 Å². The second-order valence-corrected chi connectivity index (χ2v) is 7.23. The molecule has 1 saturated heterocycles. The van der Waals surface area contributed by atoms with Gasteiger partial charge in [0, 0.05) is 18.1 Å². The molecule has 6 heteroatoms. The van der Waals surface area contributed by atoms with E-state index in [1.807, 2.05) is 40.8 Å². The lowest BCUT2D eigenvalue weighted by molar-refractivity contribution is 0.0301. The number of rotatable bonds is 4. The molecule has 0 saturated carbocycles. The van der Waals surface area contributed by atoms with E-state index in [9.17, 15) is 4.79 Å². The molecule has 1 fully saturated rings. The highest BCUT2D eigenvalue weighted by Gasteiger charge is 2.27. The topological polar surface area (TPSA) is 47.4 Å². The van der Waals surface area contributed by atoms with E-state index < -0.39 is 0 Å². The van der Waals surface area contributed by atoms with E-state index in [0.717, 1.165) is 29.1 Å². The summed E-state index contributed by atoms with van der Waals surface area (Å²) in [6.07, 6.45) is 0.771. The van der Waals surface area contributed by atoms with E-state index in [2.05, 4.69) is 13.8 Å². The molecule has 0 aliphatic carbocycles. The molecular formula is C19H24ClN3O2. The van der Waals surface area contributed by atoms with E-state index >= 15 is 0 Å². The van der Waals surface area contributed by atoms with Gasteiger partial charge in [-0.3, -0.25) is 4.79 Å². The number of nitrogens with zero attached hydrogens (tertiary/aromatic N) is 3. The summed E-state index contributed by atoms with van der Waals surface area (Å²) in [7, 11) is 0. The number of carbonyl (C=O) groups excluding carboxylic acids is 1. The number of carbonyl (C=O) groups is 1. The number of hydrogen-bond acceptors (Lipinski definition) is 3. The molecule has 25 heavy (non-hydrogen) atoms. The maximum Gasteiger partial charge on any atom is 0.257 e. The van der Waals surface area contributed by atoms with Crippen LogP contribution in [0, 0.1) is 12.8 Å². The second kappa shape index (κ2) is 7.58. The van der Waals surface area contributed by atoms with Gasteiger partial charge in [-0.05, 0) is 43.5 Å². The summed E-state index contributed by atoms with van der Waals surface area (Å²) in [5.74, 6) is 0.473. The molecule has 5 nitrogen and oxygen atoms in total. The van der Waals surface area contributed by atoms with Crippen LogP contribution in [0.5, 0.6) is 0 Å². The average Bonchev–Trinajstić information content (AvgIpc) is 2.91. The van der Waals surface area contributed by atoms with Crippen molar-refractivity contribution in [3.05, 3.63) is 46.2 Å². The minimum Gasteiger partial charge on any atom is -0.378 e. The molecule has 1 aliphatic heterocycles. The van der Waals surface area contributed by atoms with Crippen molar-refractivity contribution in [2.75, 3.05) is 26.3 Å². The lowest BCUT2D eigenvalue weighted by Crippen LogP contribution is -2.41. The first-order chi connectivity index (χ1) is 12.0. The van der Waals surface area contributed by atoms with Gasteiger partial charge in [0.25, 0.3) is 5.91 Å². The Bertz CT molecular complexity index is 747. The maximum atomic E-state index is 13.1. The number of ether oxygens (including phenoxy) is 1. The number of benzene rings is 1. The second-order valence-electron chi connectivity index (χ2n) is 6.80. The fourth-order valence-corrected chi connectivity index (χ4v) is 3.25. The zero-order valence-corrected chi connectivity index (χ0v) is 15.7. The van der Waals surface area contributed by atoms with Gasteiger partial charge < -0.3 is 9.64 Å². The lowest BCUT2D eigenvalue weighted by Gasteiger charge is -2.27. The molecule has 0 radical (unpaired) electrons. The van der Waals surface area contributed by atoms with Gasteiger partial charge in [-0.2, -0.15) is 5.10 Å². The van der Waals surface area contributed by atoms with Crippen molar-refractivity contribution in [3.8, 4) is 5.69 Å². The molecule has 0 N–H and O–H groups in total. The van der Waals surface area contributed by atoms with Crippen LogP contribution in [0.25, 0.3) is 5.69 Å². The van der Waals surface area contributed by atoms with Gasteiger partial charge in [-0.1, -0.05) is 25.4 Å². The van der Waals surface area contributed by atoms with E-state index in [-0.39, 0.29) is 5.91 Å². The Hall–Kier alpha value is -1.85. The summed E-state index contributed by atoms with van der Waals surface area (Å²) in [5.41, 5.74) is 3.37. The third kappa shape index (κ3) is 3.88. The van der Waals surface area contributed by atoms with Crippen LogP contribution >= 0.6 is 11.6 Å². The highest BCUT2D eigenvalue weighted by atomic mass is 35.5. The zero-order valence-electron chi connectivity index (χ0n) is 15.0. The third-order valence-corrected chi connectivity index (χ3v) is 4.63. The minimum atomic E-state index is 0.0525. The Balaban J connectivity index is 2.02. The molecule has 1 amide bonds. The summed E-state index contributed by atoms with van der Waals surface area (Å²) >= 11 is 5.99. The average molecular weight is 362 g/mol. The number of hydrogen-bond donors (Lipinski definition) is 0. The van der Waals surface area contributed by atoms with Crippen molar-refractivity contribution >= 4 is 17.5 Å². The van der Waals surface area contributed by atoms with Crippen molar-refractivity contribution in [1.82, 2.24) is 14.7 Å². The quantitative estimate of drug-likeness (QED) is 0.837. The summed E-state index contributed by atoms with van der Waals surface area (Å²) in [4.78, 5) is 15.0. The van der Waals surface area contributed by atoms with Gasteiger partial charge in [-0.25, -0.2) is 4.68 Å². The maximum absolute atomic E-state index is 13.1. The summed E-state index contributed by atoms with van der Waals surface area (Å²) in [6.45, 7) is 8.68. The number of amides is 1. The highest BCUT2D eigenvalue weighted by molar-refractivity contribution is 6.30. The van der Waals surface area contributed by atoms with Gasteiger partial charge in [0.15, 0.2) is 0 Å². The van der Waals surface area contributed by atoms with Crippen LogP contribution in [0.15, 0.2) is 24.3 Å². The molecule has 0 atom stereocenters. The van der Waals surface area contributed by atoms with Gasteiger partial charge in [-0.15, -0.1) is 0 Å². The van der Waals surface area contributed by atoms with Crippen LogP contribution in [0.1, 0.15) is 35.6 Å². The normalized spacial score (nSPS) is 15.0. The predicted molar refractivity (Wildman–Crippen MR) is 98.6 cm³/mol. The van der Waals surface area contributed by atoms with Crippen molar-refractivity contribution in [2.24, 2.45) is 5.92 Å². The molecule has 1 aromatic heterocycles. The predicted octanol–water partition coefficient (Wildman–Crippen LogP) is 3.51. The van der Waals surface area contributed by atoms with Crippen LogP contribution < -0.4 is 0 Å². The first-order valence-corrected chi connectivity index (χ1v) is 9.06. The van der Waals surface area contributed by atoms with E-state index in [1.165, 1.54) is 0 Å². The van der Waals surface area contributed by atoms with E-state index in [0.29, 0.717) is 37.2 Å². The Morgan fingerprint density at radius 1 is 1.24 bits per heavy atom. The molecule has 0 unspecified atom stereocenters. The molecule has 1 aliphatic rings. The summed E-state index contributed by atoms with van der Waals surface area (Å²) < 4.78 is 7.22. The van der Waals surface area contributed by atoms with Crippen LogP contribution in [0.3, 0.4) is 0 Å². The molecule has 3 rings (SSSR count). The third-order valence-electron chi connectivity index (χ3n) is 4.37. The van der Waals surface area contributed by atoms with Crippen molar-refractivity contribution in [3.63, 3.8) is 0 Å². The summed E-state index contributed by atoms with van der Waals surface area (Å²) in [6, 6.07) is 7.52. The summed E-state index contributed by atoms with van der Waals surface area (Å²) in [5, 5.41) is 5.44. The first-order valence-electron chi connectivity index (χ1n) is 8.69. The minimum absolute atomic E-state index is 0.0525. The molecule has 2 heterocycles. The number of morpholine rings is 1. The van der Waals surface area contributed by atoms with Gasteiger partial charge in [0.2, 0.25) is 0 Å². The number of aromatic nitrogens is 2. The van der Waals surface area contributed by atoms with Crippen LogP contribution in [-0.2, 0) is 11.2 Å².